The van der Waals surface area contributed by atoms with Crippen molar-refractivity contribution in [2.24, 2.45) is 5.73 Å². The molecule has 0 fully saturated rings. The highest BCUT2D eigenvalue weighted by atomic mass is 16.4. The predicted octanol–water partition coefficient (Wildman–Crippen LogP) is 2.50. The molecule has 3 N–H and O–H groups in total. The van der Waals surface area contributed by atoms with Crippen molar-refractivity contribution in [2.75, 3.05) is 0 Å². The number of carboxylic acid groups (broad SMARTS) is 1. The van der Waals surface area contributed by atoms with E-state index in [9.17, 15) is 9.59 Å². The van der Waals surface area contributed by atoms with Gasteiger partial charge in [0.25, 0.3) is 0 Å². The zero-order valence-electron chi connectivity index (χ0n) is 11.0. The van der Waals surface area contributed by atoms with Crippen molar-refractivity contribution >= 4 is 11.8 Å². The Balaban J connectivity index is 3.62. The molecule has 100 valence electrons. The van der Waals surface area contributed by atoms with Crippen LogP contribution in [0.1, 0.15) is 65.2 Å². The Morgan fingerprint density at radius 3 is 2.00 bits per heavy atom. The first kappa shape index (κ1) is 16.1. The Morgan fingerprint density at radius 2 is 1.53 bits per heavy atom. The summed E-state index contributed by atoms with van der Waals surface area (Å²) in [5.41, 5.74) is 3.71. The lowest BCUT2D eigenvalue weighted by molar-refractivity contribution is -0.147. The van der Waals surface area contributed by atoms with Crippen LogP contribution in [0.2, 0.25) is 0 Å². The van der Waals surface area contributed by atoms with Gasteiger partial charge in [0.2, 0.25) is 0 Å². The maximum absolute atomic E-state index is 11.5. The van der Waals surface area contributed by atoms with Crippen LogP contribution in [-0.2, 0) is 9.59 Å². The molecule has 0 amide bonds. The second kappa shape index (κ2) is 8.23. The Kier molecular flexibility index (Phi) is 7.79. The van der Waals surface area contributed by atoms with E-state index in [2.05, 4.69) is 6.92 Å². The predicted molar refractivity (Wildman–Crippen MR) is 67.8 cm³/mol. The maximum atomic E-state index is 11.5. The van der Waals surface area contributed by atoms with Crippen LogP contribution in [0.3, 0.4) is 0 Å². The average Bonchev–Trinajstić information content (AvgIpc) is 2.27. The smallest absolute Gasteiger partial charge is 0.331 e. The summed E-state index contributed by atoms with van der Waals surface area (Å²) in [6, 6.07) is 0. The molecule has 0 aliphatic rings. The van der Waals surface area contributed by atoms with Crippen LogP contribution in [0.25, 0.3) is 0 Å². The summed E-state index contributed by atoms with van der Waals surface area (Å²) in [5.74, 6) is -1.62. The second-order valence-corrected chi connectivity index (χ2v) is 4.80. The Labute approximate surface area is 104 Å². The van der Waals surface area contributed by atoms with Crippen molar-refractivity contribution in [3.63, 3.8) is 0 Å². The summed E-state index contributed by atoms with van der Waals surface area (Å²) in [6.07, 6.45) is 8.03. The van der Waals surface area contributed by atoms with E-state index in [4.69, 9.17) is 10.8 Å². The van der Waals surface area contributed by atoms with Gasteiger partial charge in [-0.05, 0) is 13.3 Å². The largest absolute Gasteiger partial charge is 0.480 e. The molecule has 0 radical (unpaired) electrons. The molecule has 0 heterocycles. The Morgan fingerprint density at radius 1 is 1.06 bits per heavy atom. The molecule has 0 saturated carbocycles. The van der Waals surface area contributed by atoms with Gasteiger partial charge >= 0.3 is 5.97 Å². The fraction of sp³-hybridized carbons (Fsp3) is 0.846. The molecule has 0 unspecified atom stereocenters. The van der Waals surface area contributed by atoms with E-state index in [-0.39, 0.29) is 12.2 Å². The van der Waals surface area contributed by atoms with Crippen LogP contribution in [-0.4, -0.2) is 22.4 Å². The van der Waals surface area contributed by atoms with Crippen molar-refractivity contribution in [2.45, 2.75) is 70.8 Å². The van der Waals surface area contributed by atoms with Crippen LogP contribution in [0.15, 0.2) is 0 Å². The summed E-state index contributed by atoms with van der Waals surface area (Å²) < 4.78 is 0. The first-order valence-corrected chi connectivity index (χ1v) is 6.48. The highest BCUT2D eigenvalue weighted by molar-refractivity contribution is 6.06. The SMILES string of the molecule is CCCCCCCCCC(=O)[C@@](C)(N)C(=O)O. The van der Waals surface area contributed by atoms with E-state index in [1.165, 1.54) is 32.6 Å². The number of carbonyl (C=O) groups is 2. The van der Waals surface area contributed by atoms with Crippen molar-refractivity contribution < 1.29 is 14.7 Å². The molecular formula is C13H25NO3. The fourth-order valence-electron chi connectivity index (χ4n) is 1.62. The normalized spacial score (nSPS) is 14.3. The monoisotopic (exact) mass is 243 g/mol. The third kappa shape index (κ3) is 6.41. The van der Waals surface area contributed by atoms with Gasteiger partial charge in [-0.3, -0.25) is 4.79 Å². The average molecular weight is 243 g/mol. The topological polar surface area (TPSA) is 80.4 Å². The van der Waals surface area contributed by atoms with E-state index in [1.807, 2.05) is 0 Å². The molecule has 0 saturated heterocycles. The van der Waals surface area contributed by atoms with Crippen LogP contribution < -0.4 is 5.73 Å². The molecular weight excluding hydrogens is 218 g/mol. The molecule has 0 aromatic carbocycles. The number of carbonyl (C=O) groups excluding carboxylic acids is 1. The molecule has 0 spiro atoms. The summed E-state index contributed by atoms with van der Waals surface area (Å²) >= 11 is 0. The molecule has 17 heavy (non-hydrogen) atoms. The van der Waals surface area contributed by atoms with Gasteiger partial charge in [-0.25, -0.2) is 4.79 Å². The van der Waals surface area contributed by atoms with Gasteiger partial charge in [0, 0.05) is 6.42 Å². The highest BCUT2D eigenvalue weighted by Crippen LogP contribution is 2.12. The minimum atomic E-state index is -1.72. The van der Waals surface area contributed by atoms with Crippen molar-refractivity contribution in [3.8, 4) is 0 Å². The van der Waals surface area contributed by atoms with Gasteiger partial charge in [0.1, 0.15) is 0 Å². The van der Waals surface area contributed by atoms with Crippen molar-refractivity contribution in [1.29, 1.82) is 0 Å². The standard InChI is InChI=1S/C13H25NO3/c1-3-4-5-6-7-8-9-10-11(15)13(2,14)12(16)17/h3-10,14H2,1-2H3,(H,16,17)/t13-/m1/s1. The quantitative estimate of drug-likeness (QED) is 0.456. The molecule has 0 aromatic heterocycles. The van der Waals surface area contributed by atoms with E-state index in [0.717, 1.165) is 19.3 Å². The third-order valence-corrected chi connectivity index (χ3v) is 3.03. The zero-order chi connectivity index (χ0) is 13.3. The minimum Gasteiger partial charge on any atom is -0.480 e. The molecule has 0 rings (SSSR count). The van der Waals surface area contributed by atoms with Gasteiger partial charge in [-0.2, -0.15) is 0 Å². The van der Waals surface area contributed by atoms with Gasteiger partial charge in [0.05, 0.1) is 0 Å². The third-order valence-electron chi connectivity index (χ3n) is 3.03. The summed E-state index contributed by atoms with van der Waals surface area (Å²) in [4.78, 5) is 22.3. The number of unbranched alkanes of at least 4 members (excludes halogenated alkanes) is 6. The van der Waals surface area contributed by atoms with Crippen LogP contribution in [0.5, 0.6) is 0 Å². The van der Waals surface area contributed by atoms with Crippen molar-refractivity contribution in [1.82, 2.24) is 0 Å². The number of rotatable bonds is 10. The molecule has 1 atom stereocenters. The van der Waals surface area contributed by atoms with Gasteiger partial charge in [-0.15, -0.1) is 0 Å². The maximum Gasteiger partial charge on any atom is 0.331 e. The lowest BCUT2D eigenvalue weighted by Crippen LogP contribution is -2.52. The molecule has 4 nitrogen and oxygen atoms in total. The number of ketones is 1. The Hall–Kier alpha value is -0.900. The Bertz CT molecular complexity index is 249. The number of aliphatic carboxylic acids is 1. The second-order valence-electron chi connectivity index (χ2n) is 4.80. The lowest BCUT2D eigenvalue weighted by atomic mass is 9.93. The van der Waals surface area contributed by atoms with E-state index >= 15 is 0 Å². The zero-order valence-corrected chi connectivity index (χ0v) is 11.0. The molecule has 4 heteroatoms. The highest BCUT2D eigenvalue weighted by Gasteiger charge is 2.35. The fourth-order valence-corrected chi connectivity index (χ4v) is 1.62. The van der Waals surface area contributed by atoms with E-state index < -0.39 is 11.5 Å². The molecule has 0 bridgehead atoms. The van der Waals surface area contributed by atoms with E-state index in [1.54, 1.807) is 0 Å². The first-order chi connectivity index (χ1) is 7.92. The van der Waals surface area contributed by atoms with Crippen LogP contribution in [0, 0.1) is 0 Å². The summed E-state index contributed by atoms with van der Waals surface area (Å²) in [6.45, 7) is 3.44. The number of hydrogen-bond donors (Lipinski definition) is 2. The number of Topliss-reactive ketones (excluding diaryl/α,β-unsaturated/α-hetero) is 1. The molecule has 0 aliphatic heterocycles. The molecule has 0 aromatic rings. The molecule has 0 aliphatic carbocycles. The minimum absolute atomic E-state index is 0.271. The van der Waals surface area contributed by atoms with Gasteiger partial charge < -0.3 is 10.8 Å². The van der Waals surface area contributed by atoms with Gasteiger partial charge in [0.15, 0.2) is 11.3 Å². The van der Waals surface area contributed by atoms with Crippen molar-refractivity contribution in [3.05, 3.63) is 0 Å². The lowest BCUT2D eigenvalue weighted by Gasteiger charge is -2.17. The van der Waals surface area contributed by atoms with Crippen LogP contribution in [0.4, 0.5) is 0 Å². The van der Waals surface area contributed by atoms with E-state index in [0.29, 0.717) is 0 Å². The first-order valence-electron chi connectivity index (χ1n) is 6.48. The summed E-state index contributed by atoms with van der Waals surface area (Å²) in [7, 11) is 0. The number of nitrogens with two attached hydrogens (primary N) is 1. The van der Waals surface area contributed by atoms with Crippen LogP contribution >= 0.6 is 0 Å². The summed E-state index contributed by atoms with van der Waals surface area (Å²) in [5, 5.41) is 8.77. The number of carboxylic acids is 1. The number of hydrogen-bond acceptors (Lipinski definition) is 3. The van der Waals surface area contributed by atoms with Gasteiger partial charge in [-0.1, -0.05) is 45.4 Å².